The van der Waals surface area contributed by atoms with Crippen LogP contribution in [0.4, 0.5) is 0 Å². The summed E-state index contributed by atoms with van der Waals surface area (Å²) >= 11 is 2.14. The average Bonchev–Trinajstić information content (AvgIpc) is 2.88. The summed E-state index contributed by atoms with van der Waals surface area (Å²) in [6, 6.07) is 1.45. The van der Waals surface area contributed by atoms with Crippen LogP contribution in [0.1, 0.15) is 59.3 Å². The Kier molecular flexibility index (Phi) is 6.25. The second kappa shape index (κ2) is 7.51. The average molecular weight is 299 g/mol. The fraction of sp³-hybridized carbons (Fsp3) is 1.00. The number of piperazine rings is 1. The van der Waals surface area contributed by atoms with E-state index < -0.39 is 0 Å². The SMILES string of the molecule is CCCC1CN(CC2(SC)CCCC2)C(C(C)C)CN1. The summed E-state index contributed by atoms with van der Waals surface area (Å²) in [6.45, 7) is 10.9. The fourth-order valence-corrected chi connectivity index (χ4v) is 5.09. The first kappa shape index (κ1) is 16.6. The highest BCUT2D eigenvalue weighted by molar-refractivity contribution is 8.00. The van der Waals surface area contributed by atoms with Crippen LogP contribution in [0.5, 0.6) is 0 Å². The number of hydrogen-bond donors (Lipinski definition) is 1. The Morgan fingerprint density at radius 1 is 1.30 bits per heavy atom. The van der Waals surface area contributed by atoms with Crippen LogP contribution in [-0.2, 0) is 0 Å². The predicted octanol–water partition coefficient (Wildman–Crippen LogP) is 3.76. The van der Waals surface area contributed by atoms with Crippen LogP contribution in [0.15, 0.2) is 0 Å². The van der Waals surface area contributed by atoms with Crippen molar-refractivity contribution >= 4 is 11.8 Å². The molecule has 0 aromatic rings. The first-order valence-corrected chi connectivity index (χ1v) is 9.85. The highest BCUT2D eigenvalue weighted by atomic mass is 32.2. The maximum atomic E-state index is 3.79. The molecule has 1 saturated carbocycles. The summed E-state index contributed by atoms with van der Waals surface area (Å²) in [7, 11) is 0. The van der Waals surface area contributed by atoms with Gasteiger partial charge in [-0.25, -0.2) is 0 Å². The third-order valence-corrected chi connectivity index (χ3v) is 6.79. The smallest absolute Gasteiger partial charge is 0.0284 e. The largest absolute Gasteiger partial charge is 0.311 e. The Hall–Kier alpha value is 0.270. The number of hydrogen-bond acceptors (Lipinski definition) is 3. The van der Waals surface area contributed by atoms with Gasteiger partial charge in [0.2, 0.25) is 0 Å². The van der Waals surface area contributed by atoms with E-state index in [9.17, 15) is 0 Å². The van der Waals surface area contributed by atoms with Gasteiger partial charge in [-0.05, 0) is 31.4 Å². The molecule has 2 rings (SSSR count). The maximum Gasteiger partial charge on any atom is 0.0284 e. The molecule has 2 unspecified atom stereocenters. The highest BCUT2D eigenvalue weighted by Gasteiger charge is 2.39. The van der Waals surface area contributed by atoms with Gasteiger partial charge >= 0.3 is 0 Å². The number of nitrogens with one attached hydrogen (secondary N) is 1. The summed E-state index contributed by atoms with van der Waals surface area (Å²) in [5.74, 6) is 0.755. The lowest BCUT2D eigenvalue weighted by Crippen LogP contribution is -2.60. The molecule has 3 heteroatoms. The molecule has 1 aliphatic heterocycles. The molecule has 0 amide bonds. The quantitative estimate of drug-likeness (QED) is 0.804. The van der Waals surface area contributed by atoms with E-state index in [4.69, 9.17) is 0 Å². The van der Waals surface area contributed by atoms with Gasteiger partial charge in [-0.2, -0.15) is 11.8 Å². The van der Waals surface area contributed by atoms with Crippen molar-refractivity contribution < 1.29 is 0 Å². The fourth-order valence-electron chi connectivity index (χ4n) is 4.10. The van der Waals surface area contributed by atoms with Crippen molar-refractivity contribution in [3.63, 3.8) is 0 Å². The molecule has 20 heavy (non-hydrogen) atoms. The maximum absolute atomic E-state index is 3.79. The zero-order chi connectivity index (χ0) is 14.6. The van der Waals surface area contributed by atoms with Crippen molar-refractivity contribution in [3.05, 3.63) is 0 Å². The summed E-state index contributed by atoms with van der Waals surface area (Å²) in [4.78, 5) is 2.84. The predicted molar refractivity (Wildman–Crippen MR) is 91.6 cm³/mol. The lowest BCUT2D eigenvalue weighted by Gasteiger charge is -2.46. The second-order valence-corrected chi connectivity index (χ2v) is 8.50. The molecule has 1 N–H and O–H groups in total. The summed E-state index contributed by atoms with van der Waals surface area (Å²) in [5.41, 5.74) is 0. The summed E-state index contributed by atoms with van der Waals surface area (Å²) in [6.07, 6.45) is 10.7. The third kappa shape index (κ3) is 3.92. The van der Waals surface area contributed by atoms with E-state index in [1.807, 2.05) is 0 Å². The van der Waals surface area contributed by atoms with Gasteiger partial charge in [-0.1, -0.05) is 40.0 Å². The normalized spacial score (nSPS) is 31.1. The van der Waals surface area contributed by atoms with Crippen LogP contribution >= 0.6 is 11.8 Å². The minimum atomic E-state index is 0.557. The highest BCUT2D eigenvalue weighted by Crippen LogP contribution is 2.41. The topological polar surface area (TPSA) is 15.3 Å². The van der Waals surface area contributed by atoms with Gasteiger partial charge in [0.05, 0.1) is 0 Å². The van der Waals surface area contributed by atoms with E-state index in [-0.39, 0.29) is 0 Å². The molecule has 1 aliphatic carbocycles. The third-order valence-electron chi connectivity index (χ3n) is 5.39. The van der Waals surface area contributed by atoms with Crippen molar-refractivity contribution in [3.8, 4) is 0 Å². The first-order valence-electron chi connectivity index (χ1n) is 8.63. The van der Waals surface area contributed by atoms with Crippen LogP contribution in [-0.4, -0.2) is 47.6 Å². The molecule has 1 heterocycles. The van der Waals surface area contributed by atoms with E-state index in [0.29, 0.717) is 4.75 Å². The Balaban J connectivity index is 2.02. The van der Waals surface area contributed by atoms with Crippen LogP contribution in [0.3, 0.4) is 0 Å². The lowest BCUT2D eigenvalue weighted by atomic mass is 9.94. The monoisotopic (exact) mass is 298 g/mol. The van der Waals surface area contributed by atoms with E-state index in [1.165, 1.54) is 58.2 Å². The molecule has 2 aliphatic rings. The molecule has 2 atom stereocenters. The van der Waals surface area contributed by atoms with Gasteiger partial charge in [-0.3, -0.25) is 4.90 Å². The molecular weight excluding hydrogens is 264 g/mol. The van der Waals surface area contributed by atoms with Crippen molar-refractivity contribution in [2.24, 2.45) is 5.92 Å². The molecular formula is C17H34N2S. The number of thioether (sulfide) groups is 1. The summed E-state index contributed by atoms with van der Waals surface area (Å²) < 4.78 is 0.557. The summed E-state index contributed by atoms with van der Waals surface area (Å²) in [5, 5.41) is 3.79. The van der Waals surface area contributed by atoms with Crippen LogP contribution in [0.25, 0.3) is 0 Å². The van der Waals surface area contributed by atoms with Crippen LogP contribution < -0.4 is 5.32 Å². The van der Waals surface area contributed by atoms with Crippen molar-refractivity contribution in [2.75, 3.05) is 25.9 Å². The molecule has 0 aromatic heterocycles. The number of rotatable bonds is 6. The molecule has 1 saturated heterocycles. The van der Waals surface area contributed by atoms with E-state index in [1.54, 1.807) is 0 Å². The van der Waals surface area contributed by atoms with Crippen molar-refractivity contribution in [1.82, 2.24) is 10.2 Å². The minimum Gasteiger partial charge on any atom is -0.311 e. The van der Waals surface area contributed by atoms with E-state index in [2.05, 4.69) is 49.0 Å². The van der Waals surface area contributed by atoms with Crippen LogP contribution in [0.2, 0.25) is 0 Å². The zero-order valence-electron chi connectivity index (χ0n) is 14.0. The second-order valence-electron chi connectivity index (χ2n) is 7.23. The zero-order valence-corrected chi connectivity index (χ0v) is 14.8. The van der Waals surface area contributed by atoms with Crippen molar-refractivity contribution in [1.29, 1.82) is 0 Å². The molecule has 0 aromatic carbocycles. The standard InChI is InChI=1S/C17H34N2S/c1-5-8-15-12-19(16(11-18-15)14(2)3)13-17(20-4)9-6-7-10-17/h14-16,18H,5-13H2,1-4H3. The van der Waals surface area contributed by atoms with Gasteiger partial charge < -0.3 is 5.32 Å². The molecule has 0 bridgehead atoms. The van der Waals surface area contributed by atoms with E-state index >= 15 is 0 Å². The molecule has 2 fully saturated rings. The minimum absolute atomic E-state index is 0.557. The number of nitrogens with zero attached hydrogens (tertiary/aromatic N) is 1. The molecule has 0 radical (unpaired) electrons. The van der Waals surface area contributed by atoms with Gasteiger partial charge in [-0.15, -0.1) is 0 Å². The lowest BCUT2D eigenvalue weighted by molar-refractivity contribution is 0.0855. The van der Waals surface area contributed by atoms with Gasteiger partial charge in [0.15, 0.2) is 0 Å². The Labute approximate surface area is 130 Å². The van der Waals surface area contributed by atoms with Gasteiger partial charge in [0, 0.05) is 36.5 Å². The van der Waals surface area contributed by atoms with Crippen molar-refractivity contribution in [2.45, 2.75) is 76.1 Å². The van der Waals surface area contributed by atoms with Gasteiger partial charge in [0.1, 0.15) is 0 Å². The molecule has 2 nitrogen and oxygen atoms in total. The molecule has 0 spiro atoms. The molecule has 118 valence electrons. The Bertz CT molecular complexity index is 287. The van der Waals surface area contributed by atoms with Gasteiger partial charge in [0.25, 0.3) is 0 Å². The first-order chi connectivity index (χ1) is 9.60. The van der Waals surface area contributed by atoms with Crippen LogP contribution in [0, 0.1) is 5.92 Å². The Morgan fingerprint density at radius 3 is 2.55 bits per heavy atom. The van der Waals surface area contributed by atoms with E-state index in [0.717, 1.165) is 18.0 Å². The Morgan fingerprint density at radius 2 is 2.00 bits per heavy atom.